The maximum Gasteiger partial charge on any atom is 0.244 e. The quantitative estimate of drug-likeness (QED) is 0.898. The summed E-state index contributed by atoms with van der Waals surface area (Å²) < 4.78 is 27.0. The molecular weight excluding hydrogens is 343 g/mol. The molecule has 0 saturated carbocycles. The van der Waals surface area contributed by atoms with Crippen molar-refractivity contribution in [2.45, 2.75) is 36.6 Å². The molecule has 0 radical (unpaired) electrons. The highest BCUT2D eigenvalue weighted by Gasteiger charge is 2.34. The Kier molecular flexibility index (Phi) is 5.00. The first-order valence-electron chi connectivity index (χ1n) is 7.67. The van der Waals surface area contributed by atoms with E-state index in [-0.39, 0.29) is 14.9 Å². The summed E-state index contributed by atoms with van der Waals surface area (Å²) in [5, 5.41) is 3.91. The van der Waals surface area contributed by atoms with Crippen LogP contribution in [0.3, 0.4) is 0 Å². The number of nitrogens with one attached hydrogen (secondary N) is 1. The fourth-order valence-corrected chi connectivity index (χ4v) is 5.66. The van der Waals surface area contributed by atoms with Gasteiger partial charge in [-0.3, -0.25) is 0 Å². The lowest BCUT2D eigenvalue weighted by molar-refractivity contribution is 0.234. The van der Waals surface area contributed by atoms with Crippen LogP contribution in [-0.2, 0) is 10.0 Å². The van der Waals surface area contributed by atoms with Crippen molar-refractivity contribution in [1.82, 2.24) is 9.62 Å². The van der Waals surface area contributed by atoms with Crippen LogP contribution in [0.1, 0.15) is 25.7 Å². The third-order valence-corrected chi connectivity index (χ3v) is 7.57. The fourth-order valence-electron chi connectivity index (χ4n) is 3.45. The van der Waals surface area contributed by atoms with E-state index < -0.39 is 10.0 Å². The van der Waals surface area contributed by atoms with E-state index in [1.165, 1.54) is 23.2 Å². The maximum atomic E-state index is 12.8. The lowest BCUT2D eigenvalue weighted by atomic mass is 9.89. The van der Waals surface area contributed by atoms with E-state index in [1.807, 2.05) is 0 Å². The topological polar surface area (TPSA) is 49.4 Å². The maximum absolute atomic E-state index is 12.8. The van der Waals surface area contributed by atoms with Gasteiger partial charge in [-0.05, 0) is 50.3 Å². The molecule has 0 amide bonds. The Morgan fingerprint density at radius 2 is 1.86 bits per heavy atom. The van der Waals surface area contributed by atoms with Crippen molar-refractivity contribution in [3.05, 3.63) is 28.2 Å². The molecule has 0 spiro atoms. The Morgan fingerprint density at radius 1 is 1.14 bits per heavy atom. The Labute approximate surface area is 141 Å². The SMILES string of the molecule is O=S(=O)(c1cccc(Cl)c1Cl)N1CCC(C2CCCN2)CC1. The van der Waals surface area contributed by atoms with Gasteiger partial charge in [0.05, 0.1) is 10.0 Å². The van der Waals surface area contributed by atoms with Crippen LogP contribution in [-0.4, -0.2) is 38.4 Å². The van der Waals surface area contributed by atoms with Gasteiger partial charge in [0, 0.05) is 19.1 Å². The van der Waals surface area contributed by atoms with Crippen molar-refractivity contribution in [3.8, 4) is 0 Å². The van der Waals surface area contributed by atoms with Gasteiger partial charge in [-0.15, -0.1) is 0 Å². The monoisotopic (exact) mass is 362 g/mol. The highest BCUT2D eigenvalue weighted by atomic mass is 35.5. The van der Waals surface area contributed by atoms with Gasteiger partial charge in [-0.1, -0.05) is 29.3 Å². The molecule has 3 rings (SSSR count). The summed E-state index contributed by atoms with van der Waals surface area (Å²) >= 11 is 12.0. The van der Waals surface area contributed by atoms with Gasteiger partial charge in [0.1, 0.15) is 4.90 Å². The van der Waals surface area contributed by atoms with Crippen molar-refractivity contribution in [3.63, 3.8) is 0 Å². The third kappa shape index (κ3) is 3.15. The molecule has 1 aromatic rings. The van der Waals surface area contributed by atoms with Crippen molar-refractivity contribution in [2.24, 2.45) is 5.92 Å². The van der Waals surface area contributed by atoms with Crippen LogP contribution in [0.2, 0.25) is 10.0 Å². The normalized spacial score (nSPS) is 24.7. The second-order valence-electron chi connectivity index (χ2n) is 6.00. The molecule has 1 aromatic carbocycles. The zero-order chi connectivity index (χ0) is 15.7. The Hall–Kier alpha value is -0.330. The first kappa shape index (κ1) is 16.5. The number of halogens is 2. The number of rotatable bonds is 3. The van der Waals surface area contributed by atoms with Crippen LogP contribution in [0.5, 0.6) is 0 Å². The van der Waals surface area contributed by atoms with E-state index in [4.69, 9.17) is 23.2 Å². The summed E-state index contributed by atoms with van der Waals surface area (Å²) in [4.78, 5) is 0.110. The summed E-state index contributed by atoms with van der Waals surface area (Å²) in [5.74, 6) is 0.573. The standard InChI is InChI=1S/C15H20Cl2N2O2S/c16-12-3-1-5-14(15(12)17)22(20,21)19-9-6-11(7-10-19)13-4-2-8-18-13/h1,3,5,11,13,18H,2,4,6-10H2. The number of sulfonamides is 1. The fraction of sp³-hybridized carbons (Fsp3) is 0.600. The molecule has 2 heterocycles. The number of benzene rings is 1. The molecule has 2 aliphatic heterocycles. The number of nitrogens with zero attached hydrogens (tertiary/aromatic N) is 1. The van der Waals surface area contributed by atoms with Crippen molar-refractivity contribution < 1.29 is 8.42 Å². The molecule has 2 saturated heterocycles. The second-order valence-corrected chi connectivity index (χ2v) is 8.69. The van der Waals surface area contributed by atoms with Gasteiger partial charge < -0.3 is 5.32 Å². The van der Waals surface area contributed by atoms with Gasteiger partial charge in [-0.25, -0.2) is 8.42 Å². The van der Waals surface area contributed by atoms with E-state index in [0.717, 1.165) is 19.4 Å². The molecule has 0 bridgehead atoms. The highest BCUT2D eigenvalue weighted by molar-refractivity contribution is 7.89. The molecular formula is C15H20Cl2N2O2S. The zero-order valence-electron chi connectivity index (χ0n) is 12.3. The molecule has 1 unspecified atom stereocenters. The number of hydrogen-bond donors (Lipinski definition) is 1. The lowest BCUT2D eigenvalue weighted by Gasteiger charge is -2.34. The summed E-state index contributed by atoms with van der Waals surface area (Å²) in [6.07, 6.45) is 4.23. The van der Waals surface area contributed by atoms with Crippen molar-refractivity contribution >= 4 is 33.2 Å². The van der Waals surface area contributed by atoms with E-state index in [0.29, 0.717) is 25.0 Å². The van der Waals surface area contributed by atoms with Crippen molar-refractivity contribution in [1.29, 1.82) is 0 Å². The van der Waals surface area contributed by atoms with Gasteiger partial charge in [0.2, 0.25) is 10.0 Å². The first-order chi connectivity index (χ1) is 10.5. The van der Waals surface area contributed by atoms with E-state index in [1.54, 1.807) is 12.1 Å². The van der Waals surface area contributed by atoms with Gasteiger partial charge in [0.15, 0.2) is 0 Å². The van der Waals surface area contributed by atoms with E-state index in [2.05, 4.69) is 5.32 Å². The molecule has 122 valence electrons. The number of piperidine rings is 1. The Morgan fingerprint density at radius 3 is 2.50 bits per heavy atom. The number of hydrogen-bond acceptors (Lipinski definition) is 3. The largest absolute Gasteiger partial charge is 0.314 e. The lowest BCUT2D eigenvalue weighted by Crippen LogP contribution is -2.43. The Balaban J connectivity index is 1.73. The molecule has 4 nitrogen and oxygen atoms in total. The minimum Gasteiger partial charge on any atom is -0.314 e. The molecule has 7 heteroatoms. The van der Waals surface area contributed by atoms with Crippen LogP contribution >= 0.6 is 23.2 Å². The first-order valence-corrected chi connectivity index (χ1v) is 9.87. The average molecular weight is 363 g/mol. The van der Waals surface area contributed by atoms with Gasteiger partial charge in [0.25, 0.3) is 0 Å². The predicted octanol–water partition coefficient (Wildman–Crippen LogP) is 3.15. The molecule has 1 N–H and O–H groups in total. The Bertz CT molecular complexity index is 637. The molecule has 2 aliphatic rings. The minimum atomic E-state index is -3.57. The molecule has 0 aromatic heterocycles. The highest BCUT2D eigenvalue weighted by Crippen LogP contribution is 2.33. The summed E-state index contributed by atoms with van der Waals surface area (Å²) in [6, 6.07) is 5.30. The molecule has 1 atom stereocenters. The van der Waals surface area contributed by atoms with Crippen LogP contribution in [0.4, 0.5) is 0 Å². The second kappa shape index (κ2) is 6.65. The average Bonchev–Trinajstić information content (AvgIpc) is 3.04. The molecule has 0 aliphatic carbocycles. The molecule has 2 fully saturated rings. The van der Waals surface area contributed by atoms with Crippen LogP contribution in [0, 0.1) is 5.92 Å². The zero-order valence-corrected chi connectivity index (χ0v) is 14.6. The van der Waals surface area contributed by atoms with E-state index >= 15 is 0 Å². The summed E-state index contributed by atoms with van der Waals surface area (Å²) in [6.45, 7) is 2.18. The summed E-state index contributed by atoms with van der Waals surface area (Å²) in [5.41, 5.74) is 0. The van der Waals surface area contributed by atoms with Gasteiger partial charge >= 0.3 is 0 Å². The van der Waals surface area contributed by atoms with Crippen LogP contribution in [0.25, 0.3) is 0 Å². The predicted molar refractivity (Wildman–Crippen MR) is 89.0 cm³/mol. The van der Waals surface area contributed by atoms with E-state index in [9.17, 15) is 8.42 Å². The molecule has 22 heavy (non-hydrogen) atoms. The van der Waals surface area contributed by atoms with Crippen molar-refractivity contribution in [2.75, 3.05) is 19.6 Å². The smallest absolute Gasteiger partial charge is 0.244 e. The summed E-state index contributed by atoms with van der Waals surface area (Å²) in [7, 11) is -3.57. The van der Waals surface area contributed by atoms with Crippen LogP contribution < -0.4 is 5.32 Å². The van der Waals surface area contributed by atoms with Gasteiger partial charge in [-0.2, -0.15) is 4.31 Å². The third-order valence-electron chi connectivity index (χ3n) is 4.70. The van der Waals surface area contributed by atoms with Crippen LogP contribution in [0.15, 0.2) is 23.1 Å². The minimum absolute atomic E-state index is 0.110.